The number of fused-ring (bicyclic) bond motifs is 1. The normalized spacial score (nSPS) is 13.6. The maximum atomic E-state index is 6.55. The average molecular weight is 776 g/mol. The van der Waals surface area contributed by atoms with Gasteiger partial charge in [0.1, 0.15) is 5.52 Å². The van der Waals surface area contributed by atoms with Crippen LogP contribution in [0.4, 0.5) is 0 Å². The zero-order valence-electron chi connectivity index (χ0n) is 38.9. The fourth-order valence-electron chi connectivity index (χ4n) is 7.22. The number of nitrogens with zero attached hydrogens (tertiary/aromatic N) is 3. The van der Waals surface area contributed by atoms with Gasteiger partial charge in [0.25, 0.3) is 0 Å². The van der Waals surface area contributed by atoms with Crippen LogP contribution in [-0.4, -0.2) is 14.8 Å². The molecule has 0 unspecified atom stereocenters. The Morgan fingerprint density at radius 2 is 0.931 bits per heavy atom. The molecule has 0 N–H and O–H groups in total. The first-order valence-corrected chi connectivity index (χ1v) is 21.2. The summed E-state index contributed by atoms with van der Waals surface area (Å²) in [6.45, 7) is 41.0. The maximum Gasteiger partial charge on any atom is 0.227 e. The SMILES string of the molecule is CC(C)(C)c1cc(C=Cc2cc(-c3cc(C(C)(C)C)cc(C(C)(C)C)c3)n(-c3ccc(-c4nc5c(C(C)(C)C)cc(C(C)(C)C)cc5o4)cc3)n2)cc(C(C)(C)C)c1. The summed E-state index contributed by atoms with van der Waals surface area (Å²) in [7, 11) is 0. The van der Waals surface area contributed by atoms with Gasteiger partial charge in [-0.2, -0.15) is 5.10 Å². The van der Waals surface area contributed by atoms with Crippen molar-refractivity contribution in [3.8, 4) is 28.4 Å². The highest BCUT2D eigenvalue weighted by Crippen LogP contribution is 2.39. The minimum Gasteiger partial charge on any atom is -0.436 e. The second kappa shape index (κ2) is 14.5. The van der Waals surface area contributed by atoms with Crippen LogP contribution in [-0.2, 0) is 32.5 Å². The molecule has 2 aromatic heterocycles. The molecule has 0 aliphatic rings. The van der Waals surface area contributed by atoms with Gasteiger partial charge in [-0.25, -0.2) is 9.67 Å². The topological polar surface area (TPSA) is 43.9 Å². The van der Waals surface area contributed by atoms with E-state index in [0.717, 1.165) is 39.3 Å². The fourth-order valence-corrected chi connectivity index (χ4v) is 7.22. The van der Waals surface area contributed by atoms with E-state index in [1.165, 1.54) is 38.9 Å². The lowest BCUT2D eigenvalue weighted by Gasteiger charge is -2.26. The highest BCUT2D eigenvalue weighted by molar-refractivity contribution is 5.82. The van der Waals surface area contributed by atoms with Crippen LogP contribution in [0, 0.1) is 0 Å². The molecule has 4 nitrogen and oxygen atoms in total. The summed E-state index contributed by atoms with van der Waals surface area (Å²) in [6.07, 6.45) is 4.39. The van der Waals surface area contributed by atoms with Gasteiger partial charge in [0.15, 0.2) is 5.58 Å². The summed E-state index contributed by atoms with van der Waals surface area (Å²) in [5, 5.41) is 5.30. The summed E-state index contributed by atoms with van der Waals surface area (Å²) in [5.41, 5.74) is 15.7. The van der Waals surface area contributed by atoms with Crippen LogP contribution >= 0.6 is 0 Å². The minimum atomic E-state index is -0.0818. The zero-order chi connectivity index (χ0) is 43.0. The number of aromatic nitrogens is 3. The Balaban J connectivity index is 1.49. The summed E-state index contributed by atoms with van der Waals surface area (Å²) in [4.78, 5) is 5.11. The van der Waals surface area contributed by atoms with E-state index < -0.39 is 0 Å². The lowest BCUT2D eigenvalue weighted by atomic mass is 9.79. The summed E-state index contributed by atoms with van der Waals surface area (Å²) >= 11 is 0. The number of hydrogen-bond acceptors (Lipinski definition) is 3. The van der Waals surface area contributed by atoms with Gasteiger partial charge in [0.2, 0.25) is 5.89 Å². The van der Waals surface area contributed by atoms with Crippen molar-refractivity contribution >= 4 is 23.3 Å². The predicted octanol–water partition coefficient (Wildman–Crippen LogP) is 15.3. The van der Waals surface area contributed by atoms with E-state index in [4.69, 9.17) is 14.5 Å². The third-order valence-corrected chi connectivity index (χ3v) is 11.4. The van der Waals surface area contributed by atoms with Crippen LogP contribution in [0.25, 0.3) is 51.7 Å². The molecule has 4 aromatic carbocycles. The van der Waals surface area contributed by atoms with Crippen LogP contribution in [0.5, 0.6) is 0 Å². The molecular formula is C54H69N3O. The summed E-state index contributed by atoms with van der Waals surface area (Å²) in [5.74, 6) is 0.627. The Labute approximate surface area is 350 Å². The smallest absolute Gasteiger partial charge is 0.227 e. The third-order valence-electron chi connectivity index (χ3n) is 11.4. The van der Waals surface area contributed by atoms with Crippen molar-refractivity contribution in [1.82, 2.24) is 14.8 Å². The maximum absolute atomic E-state index is 6.55. The van der Waals surface area contributed by atoms with Crippen LogP contribution in [0.3, 0.4) is 0 Å². The molecule has 0 aliphatic heterocycles. The first-order valence-electron chi connectivity index (χ1n) is 21.2. The molecule has 58 heavy (non-hydrogen) atoms. The molecule has 6 aromatic rings. The van der Waals surface area contributed by atoms with Crippen molar-refractivity contribution in [2.75, 3.05) is 0 Å². The van der Waals surface area contributed by atoms with Crippen molar-refractivity contribution in [3.05, 3.63) is 124 Å². The van der Waals surface area contributed by atoms with E-state index in [2.05, 4.69) is 220 Å². The van der Waals surface area contributed by atoms with Gasteiger partial charge in [-0.15, -0.1) is 0 Å². The molecule has 0 atom stereocenters. The van der Waals surface area contributed by atoms with Crippen molar-refractivity contribution in [2.24, 2.45) is 0 Å². The third kappa shape index (κ3) is 9.27. The van der Waals surface area contributed by atoms with E-state index in [0.29, 0.717) is 5.89 Å². The number of rotatable bonds is 5. The molecular weight excluding hydrogens is 707 g/mol. The van der Waals surface area contributed by atoms with E-state index in [1.807, 2.05) is 0 Å². The van der Waals surface area contributed by atoms with E-state index >= 15 is 0 Å². The van der Waals surface area contributed by atoms with Crippen molar-refractivity contribution in [3.63, 3.8) is 0 Å². The van der Waals surface area contributed by atoms with Gasteiger partial charge in [-0.3, -0.25) is 0 Å². The van der Waals surface area contributed by atoms with Gasteiger partial charge >= 0.3 is 0 Å². The van der Waals surface area contributed by atoms with E-state index in [-0.39, 0.29) is 32.5 Å². The van der Waals surface area contributed by atoms with Gasteiger partial charge in [-0.1, -0.05) is 161 Å². The van der Waals surface area contributed by atoms with E-state index in [9.17, 15) is 0 Å². The Bertz CT molecular complexity index is 2410. The Morgan fingerprint density at radius 1 is 0.466 bits per heavy atom. The summed E-state index contributed by atoms with van der Waals surface area (Å²) in [6, 6.07) is 29.3. The second-order valence-electron chi connectivity index (χ2n) is 22.8. The van der Waals surface area contributed by atoms with Crippen LogP contribution in [0.1, 0.15) is 169 Å². The Morgan fingerprint density at radius 3 is 1.40 bits per heavy atom. The molecule has 0 saturated heterocycles. The number of oxazole rings is 1. The molecule has 4 heteroatoms. The monoisotopic (exact) mass is 776 g/mol. The molecule has 306 valence electrons. The van der Waals surface area contributed by atoms with Crippen molar-refractivity contribution in [2.45, 2.75) is 157 Å². The molecule has 0 spiro atoms. The number of benzene rings is 4. The second-order valence-corrected chi connectivity index (χ2v) is 22.8. The quantitative estimate of drug-likeness (QED) is 0.175. The highest BCUT2D eigenvalue weighted by atomic mass is 16.3. The minimum absolute atomic E-state index is 0.00974. The molecule has 0 fully saturated rings. The molecule has 6 rings (SSSR count). The first kappa shape index (κ1) is 42.9. The van der Waals surface area contributed by atoms with Crippen LogP contribution in [0.2, 0.25) is 0 Å². The Hall–Kier alpha value is -4.70. The lowest BCUT2D eigenvalue weighted by molar-refractivity contribution is 0.567. The molecule has 2 heterocycles. The van der Waals surface area contributed by atoms with Crippen molar-refractivity contribution in [1.29, 1.82) is 0 Å². The van der Waals surface area contributed by atoms with E-state index in [1.54, 1.807) is 0 Å². The summed E-state index contributed by atoms with van der Waals surface area (Å²) < 4.78 is 8.65. The first-order chi connectivity index (χ1) is 26.5. The van der Waals surface area contributed by atoms with Gasteiger partial charge in [-0.05, 0) is 126 Å². The number of hydrogen-bond donors (Lipinski definition) is 0. The van der Waals surface area contributed by atoms with Gasteiger partial charge < -0.3 is 4.42 Å². The van der Waals surface area contributed by atoms with Crippen LogP contribution < -0.4 is 0 Å². The molecule has 0 bridgehead atoms. The fraction of sp³-hybridized carbons (Fsp3) is 0.444. The highest BCUT2D eigenvalue weighted by Gasteiger charge is 2.27. The lowest BCUT2D eigenvalue weighted by Crippen LogP contribution is -2.16. The molecule has 0 amide bonds. The molecule has 0 saturated carbocycles. The standard InChI is InChI=1S/C54H69N3O/c1-49(2,3)37-25-34(26-38(29-37)50(4,5)6)19-22-42-33-45(36-27-39(51(7,8)9)30-40(28-36)52(10,11)12)57(56-42)43-23-20-35(21-24-43)48-55-47-44(54(16,17)18)31-41(53(13,14)15)32-46(47)58-48/h19-33H,1-18H3. The van der Waals surface area contributed by atoms with Crippen molar-refractivity contribution < 1.29 is 4.42 Å². The molecule has 0 aliphatic carbocycles. The Kier molecular flexibility index (Phi) is 10.8. The largest absolute Gasteiger partial charge is 0.436 e. The van der Waals surface area contributed by atoms with Gasteiger partial charge in [0, 0.05) is 11.1 Å². The predicted molar refractivity (Wildman–Crippen MR) is 250 cm³/mol. The zero-order valence-corrected chi connectivity index (χ0v) is 38.9. The van der Waals surface area contributed by atoms with Crippen LogP contribution in [0.15, 0.2) is 83.3 Å². The average Bonchev–Trinajstić information content (AvgIpc) is 3.73. The molecule has 0 radical (unpaired) electrons. The van der Waals surface area contributed by atoms with Gasteiger partial charge in [0.05, 0.1) is 17.1 Å².